The molecule has 2 aromatic rings. The molecule has 2 rings (SSSR count). The molecule has 0 fully saturated rings. The number of hydrogen-bond donors (Lipinski definition) is 4. The van der Waals surface area contributed by atoms with Crippen LogP contribution in [-0.4, -0.2) is 36.9 Å². The highest BCUT2D eigenvalue weighted by Gasteiger charge is 2.39. The van der Waals surface area contributed by atoms with Crippen molar-refractivity contribution in [3.05, 3.63) is 71.8 Å². The van der Waals surface area contributed by atoms with Crippen LogP contribution in [0.1, 0.15) is 49.7 Å². The van der Waals surface area contributed by atoms with Gasteiger partial charge >= 0.3 is 0 Å². The predicted molar refractivity (Wildman–Crippen MR) is 128 cm³/mol. The third kappa shape index (κ3) is 7.46. The van der Waals surface area contributed by atoms with Gasteiger partial charge in [-0.25, -0.2) is 0 Å². The van der Waals surface area contributed by atoms with Crippen LogP contribution < -0.4 is 10.6 Å². The van der Waals surface area contributed by atoms with Crippen LogP contribution in [0, 0.1) is 5.92 Å². The number of carbonyl (C=O) groups excluding carboxylic acids is 1. The van der Waals surface area contributed by atoms with Gasteiger partial charge in [-0.2, -0.15) is 12.6 Å². The van der Waals surface area contributed by atoms with E-state index < -0.39 is 5.60 Å². The van der Waals surface area contributed by atoms with Crippen molar-refractivity contribution >= 4 is 19.0 Å². The Kier molecular flexibility index (Phi) is 11.6. The lowest BCUT2D eigenvalue weighted by Crippen LogP contribution is -2.38. The zero-order valence-corrected chi connectivity index (χ0v) is 18.7. The van der Waals surface area contributed by atoms with Gasteiger partial charge in [-0.05, 0) is 61.6 Å². The fraction of sp³-hybridized carbons (Fsp3) is 0.480. The molecule has 0 aromatic heterocycles. The van der Waals surface area contributed by atoms with Crippen LogP contribution in [-0.2, 0) is 10.4 Å². The summed E-state index contributed by atoms with van der Waals surface area (Å²) in [6, 6.07) is 20.0. The van der Waals surface area contributed by atoms with E-state index in [0.29, 0.717) is 0 Å². The Hall–Kier alpha value is -1.82. The first kappa shape index (κ1) is 24.4. The molecule has 0 saturated heterocycles. The molecule has 5 heteroatoms. The quantitative estimate of drug-likeness (QED) is 0.185. The highest BCUT2D eigenvalue weighted by atomic mass is 32.1. The molecule has 164 valence electrons. The predicted octanol–water partition coefficient (Wildman–Crippen LogP) is 4.14. The molecule has 1 unspecified atom stereocenters. The second-order valence-corrected chi connectivity index (χ2v) is 8.18. The zero-order valence-electron chi connectivity index (χ0n) is 17.8. The first-order chi connectivity index (χ1) is 14.7. The summed E-state index contributed by atoms with van der Waals surface area (Å²) in [5, 5.41) is 18.2. The minimum Gasteiger partial charge on any atom is -0.380 e. The van der Waals surface area contributed by atoms with Crippen LogP contribution in [0.3, 0.4) is 0 Å². The van der Waals surface area contributed by atoms with Crippen molar-refractivity contribution in [1.29, 1.82) is 0 Å². The fourth-order valence-electron chi connectivity index (χ4n) is 4.03. The molecule has 0 spiro atoms. The average molecular weight is 429 g/mol. The lowest BCUT2D eigenvalue weighted by Gasteiger charge is -2.37. The molecule has 0 saturated carbocycles. The number of carbonyl (C=O) groups is 1. The molecule has 0 aliphatic heterocycles. The van der Waals surface area contributed by atoms with Crippen molar-refractivity contribution in [1.82, 2.24) is 10.6 Å². The van der Waals surface area contributed by atoms with Crippen molar-refractivity contribution in [3.63, 3.8) is 0 Å². The molecule has 1 atom stereocenters. The van der Waals surface area contributed by atoms with Gasteiger partial charge in [0, 0.05) is 6.54 Å². The van der Waals surface area contributed by atoms with E-state index in [0.717, 1.165) is 81.4 Å². The molecular weight excluding hydrogens is 392 g/mol. The number of thiol groups is 1. The van der Waals surface area contributed by atoms with Gasteiger partial charge < -0.3 is 15.7 Å². The minimum absolute atomic E-state index is 0.0710. The number of benzene rings is 2. The molecule has 0 bridgehead atoms. The summed E-state index contributed by atoms with van der Waals surface area (Å²) >= 11 is 4.48. The Balaban J connectivity index is 1.94. The Labute approximate surface area is 186 Å². The number of amides is 1. The van der Waals surface area contributed by atoms with Crippen LogP contribution in [0.4, 0.5) is 0 Å². The third-order valence-corrected chi connectivity index (χ3v) is 5.93. The lowest BCUT2D eigenvalue weighted by atomic mass is 9.73. The first-order valence-corrected chi connectivity index (χ1v) is 11.7. The second kappa shape index (κ2) is 14.2. The second-order valence-electron chi connectivity index (χ2n) is 7.73. The van der Waals surface area contributed by atoms with E-state index >= 15 is 0 Å². The molecule has 2 aromatic carbocycles. The van der Waals surface area contributed by atoms with Crippen LogP contribution in [0.15, 0.2) is 60.7 Å². The van der Waals surface area contributed by atoms with Crippen LogP contribution in [0.5, 0.6) is 0 Å². The van der Waals surface area contributed by atoms with E-state index in [-0.39, 0.29) is 5.92 Å². The maximum atomic E-state index is 12.0. The molecule has 3 N–H and O–H groups in total. The van der Waals surface area contributed by atoms with Crippen molar-refractivity contribution in [3.8, 4) is 0 Å². The standard InChI is InChI=1S/C25H36N2O2S/c28-21-27-18-10-2-1-9-17-26-19-15-24(16-20-30)25(29,22-11-5-3-6-12-22)23-13-7-4-8-14-23/h3-8,11-14,21,24,26,29-30H,1-2,9-10,15-20H2,(H,27,28). The molecule has 30 heavy (non-hydrogen) atoms. The molecule has 0 aliphatic carbocycles. The largest absolute Gasteiger partial charge is 0.380 e. The van der Waals surface area contributed by atoms with E-state index in [9.17, 15) is 9.90 Å². The molecule has 0 heterocycles. The van der Waals surface area contributed by atoms with Crippen molar-refractivity contribution in [2.24, 2.45) is 5.92 Å². The summed E-state index contributed by atoms with van der Waals surface area (Å²) in [5.74, 6) is 0.809. The summed E-state index contributed by atoms with van der Waals surface area (Å²) in [7, 11) is 0. The van der Waals surface area contributed by atoms with Gasteiger partial charge in [-0.3, -0.25) is 4.79 Å². The summed E-state index contributed by atoms with van der Waals surface area (Å²) in [6.07, 6.45) is 6.93. The maximum absolute atomic E-state index is 12.0. The Bertz CT molecular complexity index is 657. The average Bonchev–Trinajstić information content (AvgIpc) is 2.80. The van der Waals surface area contributed by atoms with Crippen LogP contribution >= 0.6 is 12.6 Å². The molecule has 0 radical (unpaired) electrons. The van der Waals surface area contributed by atoms with Crippen molar-refractivity contribution < 1.29 is 9.90 Å². The fourth-order valence-corrected chi connectivity index (χ4v) is 4.34. The van der Waals surface area contributed by atoms with E-state index in [1.54, 1.807) is 0 Å². The Morgan fingerprint density at radius 2 is 1.40 bits per heavy atom. The number of aliphatic hydroxyl groups is 1. The van der Waals surface area contributed by atoms with Crippen LogP contribution in [0.2, 0.25) is 0 Å². The van der Waals surface area contributed by atoms with Gasteiger partial charge in [0.2, 0.25) is 6.41 Å². The van der Waals surface area contributed by atoms with Gasteiger partial charge in [-0.15, -0.1) is 0 Å². The summed E-state index contributed by atoms with van der Waals surface area (Å²) in [4.78, 5) is 10.2. The van der Waals surface area contributed by atoms with Crippen molar-refractivity contribution in [2.45, 2.75) is 44.1 Å². The van der Waals surface area contributed by atoms with Gasteiger partial charge in [-0.1, -0.05) is 73.5 Å². The molecular formula is C25H36N2O2S. The molecule has 4 nitrogen and oxygen atoms in total. The first-order valence-electron chi connectivity index (χ1n) is 11.1. The highest BCUT2D eigenvalue weighted by Crippen LogP contribution is 2.40. The molecule has 1 amide bonds. The van der Waals surface area contributed by atoms with Crippen molar-refractivity contribution in [2.75, 3.05) is 25.4 Å². The summed E-state index contributed by atoms with van der Waals surface area (Å²) in [5.41, 5.74) is 0.845. The van der Waals surface area contributed by atoms with E-state index in [1.165, 1.54) is 0 Å². The highest BCUT2D eigenvalue weighted by molar-refractivity contribution is 7.80. The lowest BCUT2D eigenvalue weighted by molar-refractivity contribution is -0.109. The minimum atomic E-state index is -1.03. The van der Waals surface area contributed by atoms with Gasteiger partial charge in [0.15, 0.2) is 0 Å². The Morgan fingerprint density at radius 3 is 1.93 bits per heavy atom. The van der Waals surface area contributed by atoms with Gasteiger partial charge in [0.05, 0.1) is 0 Å². The summed E-state index contributed by atoms with van der Waals surface area (Å²) in [6.45, 7) is 2.61. The number of hydrogen-bond acceptors (Lipinski definition) is 4. The SMILES string of the molecule is O=CNCCCCCCNCCC(CCS)C(O)(c1ccccc1)c1ccccc1. The van der Waals surface area contributed by atoms with Gasteiger partial charge in [0.25, 0.3) is 0 Å². The Morgan fingerprint density at radius 1 is 0.833 bits per heavy atom. The number of nitrogens with one attached hydrogen (secondary N) is 2. The normalized spacial score (nSPS) is 12.5. The smallest absolute Gasteiger partial charge is 0.207 e. The van der Waals surface area contributed by atoms with E-state index in [4.69, 9.17) is 0 Å². The van der Waals surface area contributed by atoms with E-state index in [2.05, 4.69) is 23.3 Å². The third-order valence-electron chi connectivity index (χ3n) is 5.67. The van der Waals surface area contributed by atoms with Gasteiger partial charge in [0.1, 0.15) is 5.60 Å². The van der Waals surface area contributed by atoms with Crippen LogP contribution in [0.25, 0.3) is 0 Å². The molecule has 0 aliphatic rings. The topological polar surface area (TPSA) is 61.4 Å². The maximum Gasteiger partial charge on any atom is 0.207 e. The summed E-state index contributed by atoms with van der Waals surface area (Å²) < 4.78 is 0. The number of rotatable bonds is 16. The monoisotopic (exact) mass is 428 g/mol. The van der Waals surface area contributed by atoms with E-state index in [1.807, 2.05) is 60.7 Å². The number of unbranched alkanes of at least 4 members (excludes halogenated alkanes) is 3. The zero-order chi connectivity index (χ0) is 21.5.